The summed E-state index contributed by atoms with van der Waals surface area (Å²) in [7, 11) is 0. The van der Waals surface area contributed by atoms with Gasteiger partial charge in [0.25, 0.3) is 0 Å². The van der Waals surface area contributed by atoms with Crippen LogP contribution in [0.15, 0.2) is 219 Å². The summed E-state index contributed by atoms with van der Waals surface area (Å²) < 4.78 is 16.6. The maximum atomic E-state index is 12.8. The zero-order valence-electron chi connectivity index (χ0n) is 46.7. The van der Waals surface area contributed by atoms with Crippen LogP contribution in [0.2, 0.25) is 0 Å². The molecule has 0 aliphatic rings. The van der Waals surface area contributed by atoms with Crippen LogP contribution in [0.1, 0.15) is 175 Å². The topological polar surface area (TPSA) is 78.9 Å². The molecule has 0 saturated heterocycles. The van der Waals surface area contributed by atoms with Gasteiger partial charge in [0.2, 0.25) is 0 Å². The molecule has 0 aromatic rings. The Kier molecular flexibility index (Phi) is 55.2. The standard InChI is InChI=1S/C69H98O6/c1-4-7-10-13-16-19-22-25-28-31-34-37-40-43-46-49-52-55-58-61-67(70)73-64-66(75-69(72)63-60-57-54-51-48-45-42-39-36-33-30-27-24-21-18-15-12-9-6-3)65-74-68(71)62-59-56-53-50-47-44-41-38-35-32-29-26-23-20-17-14-11-8-5-2/h7-12,16-21,25-30,34-39,43-48,52-57,66H,4-6,13-15,22-24,31-33,40-42,49-51,58-65H2,1-3H3/b10-7+,11-8+,12-9+,19-16+,20-17+,21-18+,28-25+,29-26+,30-27+,37-34+,38-35+,39-36+,46-43+,47-44+,48-45+,55-52+,56-53+,57-54+. The van der Waals surface area contributed by atoms with E-state index < -0.39 is 24.0 Å². The molecule has 0 spiro atoms. The third kappa shape index (κ3) is 58.5. The van der Waals surface area contributed by atoms with Crippen LogP contribution in [-0.2, 0) is 28.6 Å². The van der Waals surface area contributed by atoms with Crippen molar-refractivity contribution in [1.82, 2.24) is 0 Å². The Morgan fingerprint density at radius 2 is 0.427 bits per heavy atom. The highest BCUT2D eigenvalue weighted by Crippen LogP contribution is 2.07. The Morgan fingerprint density at radius 3 is 0.627 bits per heavy atom. The second-order valence-electron chi connectivity index (χ2n) is 17.3. The van der Waals surface area contributed by atoms with E-state index in [2.05, 4.69) is 203 Å². The molecule has 0 aromatic carbocycles. The summed E-state index contributed by atoms with van der Waals surface area (Å²) in [6.07, 6.45) is 95.3. The fourth-order valence-corrected chi connectivity index (χ4v) is 6.40. The minimum atomic E-state index is -0.896. The van der Waals surface area contributed by atoms with E-state index in [1.54, 1.807) is 0 Å². The second kappa shape index (κ2) is 60.3. The Bertz CT molecular complexity index is 1850. The summed E-state index contributed by atoms with van der Waals surface area (Å²) in [6, 6.07) is 0. The van der Waals surface area contributed by atoms with Gasteiger partial charge in [0.1, 0.15) is 13.2 Å². The van der Waals surface area contributed by atoms with Gasteiger partial charge in [0.15, 0.2) is 6.10 Å². The largest absolute Gasteiger partial charge is 0.462 e. The second-order valence-corrected chi connectivity index (χ2v) is 17.3. The molecule has 6 nitrogen and oxygen atoms in total. The lowest BCUT2D eigenvalue weighted by Gasteiger charge is -2.18. The number of allylic oxidation sites excluding steroid dienone is 36. The molecule has 0 aromatic heterocycles. The van der Waals surface area contributed by atoms with Crippen LogP contribution in [0.4, 0.5) is 0 Å². The first kappa shape index (κ1) is 68.7. The summed E-state index contributed by atoms with van der Waals surface area (Å²) in [5, 5.41) is 0. The predicted molar refractivity (Wildman–Crippen MR) is 324 cm³/mol. The van der Waals surface area contributed by atoms with Crippen molar-refractivity contribution in [1.29, 1.82) is 0 Å². The van der Waals surface area contributed by atoms with E-state index in [-0.39, 0.29) is 32.5 Å². The third-order valence-corrected chi connectivity index (χ3v) is 10.5. The van der Waals surface area contributed by atoms with Gasteiger partial charge in [0.05, 0.1) is 0 Å². The number of carbonyl (C=O) groups is 3. The molecule has 0 amide bonds. The lowest BCUT2D eigenvalue weighted by Crippen LogP contribution is -2.30. The molecule has 0 unspecified atom stereocenters. The van der Waals surface area contributed by atoms with Crippen molar-refractivity contribution in [2.45, 2.75) is 181 Å². The molecule has 0 radical (unpaired) electrons. The summed E-state index contributed by atoms with van der Waals surface area (Å²) in [5.41, 5.74) is 0. The molecule has 0 saturated carbocycles. The SMILES string of the molecule is CC/C=C/C/C=C/C/C=C/C/C=C/C/C=C/C/C=C/CCC(=O)OCC(COC(=O)CC/C=C/C/C=C/C/C=C/C/C=C/C/C=C/C/C=C/CC)OC(=O)CC/C=C/C/C=C/C/C=C/C/C=C/C/C=C/C/C=C/CC. The average Bonchev–Trinajstić information content (AvgIpc) is 3.41. The van der Waals surface area contributed by atoms with Crippen molar-refractivity contribution in [3.8, 4) is 0 Å². The summed E-state index contributed by atoms with van der Waals surface area (Å²) in [6.45, 7) is 6.06. The molecule has 0 atom stereocenters. The molecule has 0 bridgehead atoms. The van der Waals surface area contributed by atoms with Crippen LogP contribution in [-0.4, -0.2) is 37.2 Å². The van der Waals surface area contributed by atoms with Gasteiger partial charge in [-0.05, 0) is 135 Å². The summed E-state index contributed by atoms with van der Waals surface area (Å²) >= 11 is 0. The van der Waals surface area contributed by atoms with Crippen LogP contribution >= 0.6 is 0 Å². The molecule has 0 aliphatic heterocycles. The molecule has 75 heavy (non-hydrogen) atoms. The van der Waals surface area contributed by atoms with E-state index in [4.69, 9.17) is 14.2 Å². The van der Waals surface area contributed by atoms with Gasteiger partial charge in [-0.1, -0.05) is 240 Å². The first-order valence-electron chi connectivity index (χ1n) is 28.2. The van der Waals surface area contributed by atoms with E-state index >= 15 is 0 Å². The highest BCUT2D eigenvalue weighted by atomic mass is 16.6. The van der Waals surface area contributed by atoms with E-state index in [1.807, 2.05) is 36.5 Å². The lowest BCUT2D eigenvalue weighted by molar-refractivity contribution is -0.166. The van der Waals surface area contributed by atoms with Gasteiger partial charge in [-0.2, -0.15) is 0 Å². The molecule has 410 valence electrons. The Morgan fingerprint density at radius 1 is 0.253 bits per heavy atom. The van der Waals surface area contributed by atoms with E-state index in [0.29, 0.717) is 19.3 Å². The number of rotatable bonds is 47. The summed E-state index contributed by atoms with van der Waals surface area (Å²) in [4.78, 5) is 38.1. The fraction of sp³-hybridized carbons (Fsp3) is 0.435. The van der Waals surface area contributed by atoms with Crippen LogP contribution in [0.3, 0.4) is 0 Å². The molecule has 0 fully saturated rings. The zero-order valence-corrected chi connectivity index (χ0v) is 46.7. The first-order chi connectivity index (χ1) is 37.0. The van der Waals surface area contributed by atoms with E-state index in [0.717, 1.165) is 116 Å². The lowest BCUT2D eigenvalue weighted by atomic mass is 10.2. The third-order valence-electron chi connectivity index (χ3n) is 10.5. The molecular formula is C69H98O6. The summed E-state index contributed by atoms with van der Waals surface area (Å²) in [5.74, 6) is -1.25. The van der Waals surface area contributed by atoms with Crippen molar-refractivity contribution >= 4 is 17.9 Å². The van der Waals surface area contributed by atoms with Crippen LogP contribution < -0.4 is 0 Å². The van der Waals surface area contributed by atoms with Crippen molar-refractivity contribution < 1.29 is 28.6 Å². The maximum absolute atomic E-state index is 12.8. The van der Waals surface area contributed by atoms with Gasteiger partial charge in [-0.15, -0.1) is 0 Å². The van der Waals surface area contributed by atoms with Crippen LogP contribution in [0, 0.1) is 0 Å². The van der Waals surface area contributed by atoms with Gasteiger partial charge in [-0.3, -0.25) is 14.4 Å². The smallest absolute Gasteiger partial charge is 0.306 e. The molecule has 0 N–H and O–H groups in total. The van der Waals surface area contributed by atoms with Crippen molar-refractivity contribution in [2.75, 3.05) is 13.2 Å². The first-order valence-corrected chi connectivity index (χ1v) is 28.2. The average molecular weight is 1020 g/mol. The fourth-order valence-electron chi connectivity index (χ4n) is 6.40. The van der Waals surface area contributed by atoms with Gasteiger partial charge >= 0.3 is 17.9 Å². The van der Waals surface area contributed by atoms with Gasteiger partial charge < -0.3 is 14.2 Å². The highest BCUT2D eigenvalue weighted by molar-refractivity contribution is 5.71. The number of hydrogen-bond donors (Lipinski definition) is 0. The van der Waals surface area contributed by atoms with Gasteiger partial charge in [0, 0.05) is 19.3 Å². The van der Waals surface area contributed by atoms with E-state index in [1.165, 1.54) is 0 Å². The molecule has 0 rings (SSSR count). The molecular weight excluding hydrogens is 925 g/mol. The van der Waals surface area contributed by atoms with Crippen LogP contribution in [0.25, 0.3) is 0 Å². The zero-order chi connectivity index (χ0) is 54.3. The Hall–Kier alpha value is -6.27. The van der Waals surface area contributed by atoms with Gasteiger partial charge in [-0.25, -0.2) is 0 Å². The minimum Gasteiger partial charge on any atom is -0.462 e. The van der Waals surface area contributed by atoms with Crippen molar-refractivity contribution in [3.63, 3.8) is 0 Å². The Balaban J connectivity index is 4.79. The quantitative estimate of drug-likeness (QED) is 0.0343. The predicted octanol–water partition coefficient (Wildman–Crippen LogP) is 19.4. The Labute approximate surface area is 457 Å². The maximum Gasteiger partial charge on any atom is 0.306 e. The van der Waals surface area contributed by atoms with Crippen molar-refractivity contribution in [3.05, 3.63) is 219 Å². The van der Waals surface area contributed by atoms with E-state index in [9.17, 15) is 14.4 Å². The highest BCUT2D eigenvalue weighted by Gasteiger charge is 2.19. The van der Waals surface area contributed by atoms with Crippen LogP contribution in [0.5, 0.6) is 0 Å². The number of carbonyl (C=O) groups excluding carboxylic acids is 3. The number of esters is 3. The number of hydrogen-bond acceptors (Lipinski definition) is 6. The van der Waals surface area contributed by atoms with Crippen molar-refractivity contribution in [2.24, 2.45) is 0 Å². The normalized spacial score (nSPS) is 13.4. The monoisotopic (exact) mass is 1020 g/mol. The number of ether oxygens (including phenoxy) is 3. The molecule has 0 heterocycles. The molecule has 0 aliphatic carbocycles. The molecule has 6 heteroatoms. The minimum absolute atomic E-state index is 0.159.